The topological polar surface area (TPSA) is 104 Å². The van der Waals surface area contributed by atoms with E-state index in [0.29, 0.717) is 34.6 Å². The molecule has 6 nitrogen and oxygen atoms in total. The molecule has 4 rings (SSSR count). The Morgan fingerprint density at radius 2 is 1.20 bits per heavy atom. The largest absolute Gasteiger partial charge is 0.506 e. The molecule has 218 valence electrons. The van der Waals surface area contributed by atoms with Gasteiger partial charge in [-0.1, -0.05) is 71.6 Å². The number of aromatic carboxylic acids is 1. The van der Waals surface area contributed by atoms with E-state index in [-0.39, 0.29) is 39.3 Å². The molecule has 3 aromatic rings. The van der Waals surface area contributed by atoms with Gasteiger partial charge in [-0.05, 0) is 91.9 Å². The quantitative estimate of drug-likeness (QED) is 0.175. The van der Waals surface area contributed by atoms with Gasteiger partial charge in [0.15, 0.2) is 5.60 Å². The molecule has 0 radical (unpaired) electrons. The second kappa shape index (κ2) is 12.6. The third-order valence-electron chi connectivity index (χ3n) is 7.69. The van der Waals surface area contributed by atoms with Gasteiger partial charge in [0.1, 0.15) is 11.5 Å². The van der Waals surface area contributed by atoms with Gasteiger partial charge in [-0.25, -0.2) is 9.59 Å². The number of carbonyl (C=O) groups excluding carboxylic acids is 1. The maximum atomic E-state index is 13.7. The first kappa shape index (κ1) is 31.1. The Kier molecular flexibility index (Phi) is 9.54. The molecule has 1 aliphatic heterocycles. The Labute approximate surface area is 258 Å². The average molecular weight is 688 g/mol. The number of rotatable bonds is 11. The van der Waals surface area contributed by atoms with Crippen molar-refractivity contribution in [1.82, 2.24) is 0 Å². The maximum absolute atomic E-state index is 13.7. The third-order valence-corrected chi connectivity index (χ3v) is 9.46. The summed E-state index contributed by atoms with van der Waals surface area (Å²) in [5, 5.41) is 34.3. The molecule has 0 aliphatic carbocycles. The molecule has 3 aromatic carbocycles. The molecule has 41 heavy (non-hydrogen) atoms. The zero-order valence-corrected chi connectivity index (χ0v) is 27.0. The highest BCUT2D eigenvalue weighted by Crippen LogP contribution is 2.58. The van der Waals surface area contributed by atoms with Crippen LogP contribution in [0.25, 0.3) is 0 Å². The van der Waals surface area contributed by atoms with Crippen molar-refractivity contribution in [2.24, 2.45) is 0 Å². The summed E-state index contributed by atoms with van der Waals surface area (Å²) in [6.07, 6.45) is 5.64. The number of aromatic hydroxyl groups is 2. The first-order chi connectivity index (χ1) is 19.6. The van der Waals surface area contributed by atoms with Crippen LogP contribution in [0.4, 0.5) is 0 Å². The summed E-state index contributed by atoms with van der Waals surface area (Å²) in [5.74, 6) is -2.21. The smallest absolute Gasteiger partial charge is 0.340 e. The van der Waals surface area contributed by atoms with Crippen molar-refractivity contribution in [3.05, 3.63) is 89.3 Å². The Balaban J connectivity index is 2.31. The molecule has 0 saturated carbocycles. The van der Waals surface area contributed by atoms with Gasteiger partial charge >= 0.3 is 11.9 Å². The van der Waals surface area contributed by atoms with E-state index in [4.69, 9.17) is 4.74 Å². The van der Waals surface area contributed by atoms with Gasteiger partial charge in [0, 0.05) is 5.56 Å². The van der Waals surface area contributed by atoms with Crippen LogP contribution in [0, 0.1) is 0 Å². The number of carboxylic acid groups (broad SMARTS) is 1. The number of phenolic OH excluding ortho intramolecular Hbond substituents is 2. The minimum Gasteiger partial charge on any atom is -0.506 e. The highest BCUT2D eigenvalue weighted by Gasteiger charge is 2.56. The van der Waals surface area contributed by atoms with E-state index in [0.717, 1.165) is 47.9 Å². The standard InChI is InChI=1S/C33H36Br2O6/c1-5-10-18-16-20(12-7-3)27(34)29(36)24(18)33(26-22(31(38)39)14-9-15-23(26)32(40)41-33)25-19(11-6-2)17-21(13-8-4)28(35)30(25)37/h9,14-17,36-37H,5-8,10-13H2,1-4H3,(H,38,39). The van der Waals surface area contributed by atoms with E-state index in [9.17, 15) is 24.9 Å². The zero-order valence-electron chi connectivity index (χ0n) is 23.9. The van der Waals surface area contributed by atoms with Gasteiger partial charge in [0.25, 0.3) is 0 Å². The molecule has 0 spiro atoms. The Bertz CT molecular complexity index is 1440. The fourth-order valence-corrected chi connectivity index (χ4v) is 7.16. The van der Waals surface area contributed by atoms with Crippen LogP contribution < -0.4 is 0 Å². The van der Waals surface area contributed by atoms with Crippen molar-refractivity contribution < 1.29 is 29.6 Å². The summed E-state index contributed by atoms with van der Waals surface area (Å²) in [6, 6.07) is 8.49. The number of carboxylic acids is 1. The van der Waals surface area contributed by atoms with Gasteiger partial charge in [-0.2, -0.15) is 0 Å². The summed E-state index contributed by atoms with van der Waals surface area (Å²) >= 11 is 7.20. The lowest BCUT2D eigenvalue weighted by atomic mass is 9.72. The molecule has 0 saturated heterocycles. The number of hydrogen-bond donors (Lipinski definition) is 3. The number of benzene rings is 3. The lowest BCUT2D eigenvalue weighted by molar-refractivity contribution is 0.0228. The number of phenols is 2. The number of cyclic esters (lactones) is 1. The first-order valence-electron chi connectivity index (χ1n) is 14.3. The van der Waals surface area contributed by atoms with Crippen molar-refractivity contribution in [2.75, 3.05) is 0 Å². The molecule has 0 fully saturated rings. The molecule has 1 aliphatic rings. The van der Waals surface area contributed by atoms with Crippen LogP contribution in [0.15, 0.2) is 39.3 Å². The normalized spacial score (nSPS) is 13.8. The van der Waals surface area contributed by atoms with Crippen LogP contribution in [0.3, 0.4) is 0 Å². The van der Waals surface area contributed by atoms with Crippen LogP contribution in [0.5, 0.6) is 11.5 Å². The fraction of sp³-hybridized carbons (Fsp3) is 0.394. The van der Waals surface area contributed by atoms with Crippen LogP contribution in [-0.4, -0.2) is 27.3 Å². The van der Waals surface area contributed by atoms with Crippen molar-refractivity contribution in [3.8, 4) is 11.5 Å². The molecular formula is C33H36Br2O6. The minimum absolute atomic E-state index is 0.0936. The maximum Gasteiger partial charge on any atom is 0.340 e. The molecule has 3 N–H and O–H groups in total. The molecule has 0 amide bonds. The molecule has 0 atom stereocenters. The predicted octanol–water partition coefficient (Wildman–Crippen LogP) is 8.59. The highest BCUT2D eigenvalue weighted by molar-refractivity contribution is 9.11. The number of esters is 1. The van der Waals surface area contributed by atoms with E-state index < -0.39 is 17.5 Å². The molecule has 0 bridgehead atoms. The summed E-state index contributed by atoms with van der Waals surface area (Å²) in [5.41, 5.74) is 1.98. The van der Waals surface area contributed by atoms with E-state index in [1.807, 2.05) is 26.0 Å². The van der Waals surface area contributed by atoms with Crippen LogP contribution in [-0.2, 0) is 36.0 Å². The minimum atomic E-state index is -1.91. The predicted molar refractivity (Wildman–Crippen MR) is 166 cm³/mol. The molecular weight excluding hydrogens is 652 g/mol. The van der Waals surface area contributed by atoms with E-state index in [2.05, 4.69) is 45.7 Å². The number of fused-ring (bicyclic) bond motifs is 1. The van der Waals surface area contributed by atoms with Crippen molar-refractivity contribution in [1.29, 1.82) is 0 Å². The van der Waals surface area contributed by atoms with Gasteiger partial charge < -0.3 is 20.1 Å². The van der Waals surface area contributed by atoms with E-state index in [1.54, 1.807) is 6.07 Å². The number of carbonyl (C=O) groups is 2. The van der Waals surface area contributed by atoms with Gasteiger partial charge in [-0.3, -0.25) is 0 Å². The average Bonchev–Trinajstić information content (AvgIpc) is 3.23. The van der Waals surface area contributed by atoms with Crippen LogP contribution in [0.2, 0.25) is 0 Å². The Morgan fingerprint density at radius 1 is 0.756 bits per heavy atom. The Hall–Kier alpha value is -2.84. The third kappa shape index (κ3) is 5.18. The number of aryl methyl sites for hydroxylation is 4. The number of halogens is 2. The van der Waals surface area contributed by atoms with Crippen molar-refractivity contribution in [3.63, 3.8) is 0 Å². The molecule has 0 aromatic heterocycles. The van der Waals surface area contributed by atoms with Gasteiger partial charge in [0.2, 0.25) is 0 Å². The second-order valence-corrected chi connectivity index (χ2v) is 12.2. The molecule has 1 heterocycles. The fourth-order valence-electron chi connectivity index (χ4n) is 6.14. The summed E-state index contributed by atoms with van der Waals surface area (Å²) in [4.78, 5) is 26.4. The van der Waals surface area contributed by atoms with E-state index in [1.165, 1.54) is 12.1 Å². The highest BCUT2D eigenvalue weighted by atomic mass is 79.9. The SMILES string of the molecule is CCCc1cc(CCC)c(C2(c3c(CCC)cc(CCC)c(Br)c3O)OC(=O)c3cccc(C(=O)O)c32)c(O)c1Br. The summed E-state index contributed by atoms with van der Waals surface area (Å²) in [6.45, 7) is 8.14. The van der Waals surface area contributed by atoms with E-state index >= 15 is 0 Å². The molecule has 8 heteroatoms. The number of ether oxygens (including phenoxy) is 1. The lowest BCUT2D eigenvalue weighted by Gasteiger charge is -2.36. The Morgan fingerprint density at radius 3 is 1.61 bits per heavy atom. The van der Waals surface area contributed by atoms with Crippen LogP contribution in [0.1, 0.15) is 113 Å². The second-order valence-electron chi connectivity index (χ2n) is 10.6. The first-order valence-corrected chi connectivity index (χ1v) is 15.8. The summed E-state index contributed by atoms with van der Waals surface area (Å²) < 4.78 is 7.29. The lowest BCUT2D eigenvalue weighted by Crippen LogP contribution is -2.34. The summed E-state index contributed by atoms with van der Waals surface area (Å²) in [7, 11) is 0. The monoisotopic (exact) mass is 686 g/mol. The van der Waals surface area contributed by atoms with Crippen molar-refractivity contribution >= 4 is 43.8 Å². The van der Waals surface area contributed by atoms with Gasteiger partial charge in [-0.15, -0.1) is 0 Å². The van der Waals surface area contributed by atoms with Crippen molar-refractivity contribution in [2.45, 2.75) is 84.7 Å². The number of hydrogen-bond acceptors (Lipinski definition) is 5. The zero-order chi connectivity index (χ0) is 30.1. The molecule has 0 unspecified atom stereocenters. The van der Waals surface area contributed by atoms with Gasteiger partial charge in [0.05, 0.1) is 31.2 Å². The van der Waals surface area contributed by atoms with Crippen LogP contribution >= 0.6 is 31.9 Å².